The minimum absolute atomic E-state index is 0.198. The molecule has 0 saturated carbocycles. The number of furan rings is 1. The summed E-state index contributed by atoms with van der Waals surface area (Å²) in [6.45, 7) is 0. The number of fused-ring (bicyclic) bond motifs is 5. The lowest BCUT2D eigenvalue weighted by Crippen LogP contribution is -2.28. The summed E-state index contributed by atoms with van der Waals surface area (Å²) in [7, 11) is 0. The number of hydrogen-bond acceptors (Lipinski definition) is 2. The number of nitrogens with zero attached hydrogens (tertiary/aromatic N) is 1. The van der Waals surface area contributed by atoms with Gasteiger partial charge < -0.3 is 4.42 Å². The van der Waals surface area contributed by atoms with Crippen LogP contribution in [0, 0.1) is 0 Å². The molecular weight excluding hydrogens is 331 g/mol. The minimum atomic E-state index is -0.198. The summed E-state index contributed by atoms with van der Waals surface area (Å²) in [5, 5.41) is 9.80. The number of aromatic nitrogens is 2. The number of H-pyrrole nitrogens is 1. The molecule has 1 aromatic carbocycles. The minimum Gasteiger partial charge on any atom is -0.449 e. The fraction of sp³-hybridized carbons (Fsp3) is 0.278. The van der Waals surface area contributed by atoms with Crippen molar-refractivity contribution in [3.63, 3.8) is 0 Å². The van der Waals surface area contributed by atoms with Crippen LogP contribution in [0.25, 0.3) is 16.5 Å². The molecule has 2 heterocycles. The topological polar surface area (TPSA) is 41.8 Å². The van der Waals surface area contributed by atoms with E-state index in [9.17, 15) is 0 Å². The molecule has 0 amide bonds. The summed E-state index contributed by atoms with van der Waals surface area (Å²) < 4.78 is 5.85. The van der Waals surface area contributed by atoms with Crippen LogP contribution in [0.3, 0.4) is 0 Å². The Balaban J connectivity index is 1.83. The summed E-state index contributed by atoms with van der Waals surface area (Å²) in [5.74, 6) is 0.920. The van der Waals surface area contributed by atoms with E-state index in [0.717, 1.165) is 42.0 Å². The molecule has 5 heteroatoms. The van der Waals surface area contributed by atoms with Crippen molar-refractivity contribution in [3.8, 4) is 0 Å². The molecule has 0 saturated heterocycles. The highest BCUT2D eigenvalue weighted by molar-refractivity contribution is 6.33. The molecule has 0 radical (unpaired) electrons. The average Bonchev–Trinajstić information content (AvgIpc) is 3.22. The van der Waals surface area contributed by atoms with Gasteiger partial charge >= 0.3 is 0 Å². The van der Waals surface area contributed by atoms with Crippen LogP contribution >= 0.6 is 23.2 Å². The third-order valence-corrected chi connectivity index (χ3v) is 5.86. The van der Waals surface area contributed by atoms with Crippen molar-refractivity contribution in [2.24, 2.45) is 0 Å². The normalized spacial score (nSPS) is 23.4. The van der Waals surface area contributed by atoms with Gasteiger partial charge in [-0.1, -0.05) is 17.7 Å². The van der Waals surface area contributed by atoms with Gasteiger partial charge in [0.15, 0.2) is 5.22 Å². The lowest BCUT2D eigenvalue weighted by atomic mass is 9.71. The zero-order valence-corrected chi connectivity index (χ0v) is 13.8. The van der Waals surface area contributed by atoms with E-state index in [2.05, 4.69) is 22.3 Å². The first-order valence-electron chi connectivity index (χ1n) is 7.79. The summed E-state index contributed by atoms with van der Waals surface area (Å²) >= 11 is 12.8. The summed E-state index contributed by atoms with van der Waals surface area (Å²) in [6.07, 6.45) is 5.80. The summed E-state index contributed by atoms with van der Waals surface area (Å²) in [6, 6.07) is 8.06. The van der Waals surface area contributed by atoms with E-state index in [0.29, 0.717) is 5.22 Å². The van der Waals surface area contributed by atoms with Gasteiger partial charge in [-0.25, -0.2) is 0 Å². The number of nitrogens with one attached hydrogen (secondary N) is 1. The van der Waals surface area contributed by atoms with Gasteiger partial charge in [0.1, 0.15) is 5.76 Å². The van der Waals surface area contributed by atoms with E-state index in [1.54, 1.807) is 0 Å². The molecule has 3 nitrogen and oxygen atoms in total. The van der Waals surface area contributed by atoms with Crippen molar-refractivity contribution in [1.82, 2.24) is 10.2 Å². The number of hydrogen-bond donors (Lipinski definition) is 1. The molecule has 116 valence electrons. The smallest absolute Gasteiger partial charge is 0.193 e. The van der Waals surface area contributed by atoms with Gasteiger partial charge in [0.2, 0.25) is 0 Å². The molecule has 0 aliphatic heterocycles. The van der Waals surface area contributed by atoms with Crippen molar-refractivity contribution in [3.05, 3.63) is 57.6 Å². The Morgan fingerprint density at radius 3 is 2.91 bits per heavy atom. The molecule has 0 bridgehead atoms. The second kappa shape index (κ2) is 4.65. The molecule has 0 spiro atoms. The highest BCUT2D eigenvalue weighted by atomic mass is 35.5. The van der Waals surface area contributed by atoms with Gasteiger partial charge in [-0.15, -0.1) is 0 Å². The number of allylic oxidation sites excluding steroid dienone is 2. The van der Waals surface area contributed by atoms with E-state index in [-0.39, 0.29) is 5.41 Å². The van der Waals surface area contributed by atoms with Gasteiger partial charge in [-0.05, 0) is 72.2 Å². The van der Waals surface area contributed by atoms with Crippen LogP contribution < -0.4 is 0 Å². The predicted octanol–water partition coefficient (Wildman–Crippen LogP) is 5.44. The van der Waals surface area contributed by atoms with Crippen LogP contribution in [-0.4, -0.2) is 10.2 Å². The Morgan fingerprint density at radius 1 is 1.17 bits per heavy atom. The zero-order chi connectivity index (χ0) is 15.6. The quantitative estimate of drug-likeness (QED) is 0.638. The highest BCUT2D eigenvalue weighted by Gasteiger charge is 2.48. The maximum Gasteiger partial charge on any atom is 0.193 e. The standard InChI is InChI=1S/C18H14Cl2N2O/c19-13-2-1-7-18(15-5-6-16(20)23-15)8-11-10(17(13)18)3-4-14-12(11)9-21-22-14/h3-6,9H,1-2,7-8H2,(H,21,22)/t18-/m0/s1. The lowest BCUT2D eigenvalue weighted by molar-refractivity contribution is 0.376. The van der Waals surface area contributed by atoms with Gasteiger partial charge in [-0.3, -0.25) is 5.10 Å². The third-order valence-electron chi connectivity index (χ3n) is 5.28. The average molecular weight is 345 g/mol. The molecule has 23 heavy (non-hydrogen) atoms. The number of aromatic amines is 1. The van der Waals surface area contributed by atoms with Crippen molar-refractivity contribution in [2.45, 2.75) is 31.1 Å². The first-order valence-corrected chi connectivity index (χ1v) is 8.55. The summed E-state index contributed by atoms with van der Waals surface area (Å²) in [5.41, 5.74) is 4.62. The van der Waals surface area contributed by atoms with E-state index in [1.165, 1.54) is 22.1 Å². The van der Waals surface area contributed by atoms with Crippen molar-refractivity contribution in [2.75, 3.05) is 0 Å². The van der Waals surface area contributed by atoms with E-state index in [1.807, 2.05) is 18.3 Å². The van der Waals surface area contributed by atoms with Crippen LogP contribution in [0.4, 0.5) is 0 Å². The highest BCUT2D eigenvalue weighted by Crippen LogP contribution is 2.57. The maximum absolute atomic E-state index is 6.70. The Bertz CT molecular complexity index is 968. The van der Waals surface area contributed by atoms with Crippen molar-refractivity contribution < 1.29 is 4.42 Å². The molecule has 0 unspecified atom stereocenters. The fourth-order valence-electron chi connectivity index (χ4n) is 4.34. The van der Waals surface area contributed by atoms with E-state index < -0.39 is 0 Å². The second-order valence-electron chi connectivity index (χ2n) is 6.42. The monoisotopic (exact) mass is 344 g/mol. The van der Waals surface area contributed by atoms with E-state index >= 15 is 0 Å². The van der Waals surface area contributed by atoms with Gasteiger partial charge in [-0.2, -0.15) is 5.10 Å². The molecule has 0 fully saturated rings. The predicted molar refractivity (Wildman–Crippen MR) is 91.8 cm³/mol. The molecule has 5 rings (SSSR count). The molecular formula is C18H14Cl2N2O. The maximum atomic E-state index is 6.70. The Labute approximate surface area is 143 Å². The Morgan fingerprint density at radius 2 is 2.09 bits per heavy atom. The van der Waals surface area contributed by atoms with Crippen molar-refractivity contribution in [1.29, 1.82) is 0 Å². The largest absolute Gasteiger partial charge is 0.449 e. The molecule has 2 aliphatic carbocycles. The zero-order valence-electron chi connectivity index (χ0n) is 12.3. The van der Waals surface area contributed by atoms with Crippen LogP contribution in [0.2, 0.25) is 5.22 Å². The van der Waals surface area contributed by atoms with Gasteiger partial charge in [0, 0.05) is 10.4 Å². The SMILES string of the molecule is ClC1=C2c3ccc4[nH]ncc4c3C[C@]2(c2ccc(Cl)o2)CCC1. The Kier molecular flexibility index (Phi) is 2.77. The lowest BCUT2D eigenvalue weighted by Gasteiger charge is -2.33. The van der Waals surface area contributed by atoms with Crippen LogP contribution in [0.1, 0.15) is 36.1 Å². The van der Waals surface area contributed by atoms with Crippen molar-refractivity contribution >= 4 is 39.7 Å². The molecule has 2 aliphatic rings. The van der Waals surface area contributed by atoms with E-state index in [4.69, 9.17) is 27.6 Å². The Hall–Kier alpha value is -1.71. The second-order valence-corrected chi connectivity index (χ2v) is 7.25. The first-order chi connectivity index (χ1) is 11.2. The molecule has 1 N–H and O–H groups in total. The van der Waals surface area contributed by atoms with Crippen LogP contribution in [-0.2, 0) is 11.8 Å². The molecule has 2 aromatic heterocycles. The molecule has 1 atom stereocenters. The summed E-state index contributed by atoms with van der Waals surface area (Å²) in [4.78, 5) is 0. The third kappa shape index (κ3) is 1.75. The number of rotatable bonds is 1. The fourth-order valence-corrected chi connectivity index (χ4v) is 4.91. The van der Waals surface area contributed by atoms with Crippen LogP contribution in [0.15, 0.2) is 39.9 Å². The molecule has 3 aromatic rings. The van der Waals surface area contributed by atoms with Gasteiger partial charge in [0.25, 0.3) is 0 Å². The number of halogens is 2. The van der Waals surface area contributed by atoms with Crippen LogP contribution in [0.5, 0.6) is 0 Å². The number of benzene rings is 1. The first kappa shape index (κ1) is 13.7. The van der Waals surface area contributed by atoms with Gasteiger partial charge in [0.05, 0.1) is 17.1 Å².